The summed E-state index contributed by atoms with van der Waals surface area (Å²) < 4.78 is 0. The molecule has 27 heavy (non-hydrogen) atoms. The van der Waals surface area contributed by atoms with E-state index in [-0.39, 0.29) is 48.0 Å². The van der Waals surface area contributed by atoms with E-state index in [1.165, 1.54) is 0 Å². The van der Waals surface area contributed by atoms with Gasteiger partial charge in [0, 0.05) is 31.0 Å². The van der Waals surface area contributed by atoms with Crippen LogP contribution in [0.3, 0.4) is 0 Å². The normalized spacial score (nSPS) is 26.4. The Hall–Kier alpha value is -2.08. The monoisotopic (exact) mass is 371 g/mol. The summed E-state index contributed by atoms with van der Waals surface area (Å²) in [4.78, 5) is 29.2. The SMILES string of the molecule is CC(C)NC(=O)N1CC2(C1)[C@H](c1ccccc1)[C@H](CO)N2C(=O)C1CCC1. The quantitative estimate of drug-likeness (QED) is 0.850. The first kappa shape index (κ1) is 18.3. The lowest BCUT2D eigenvalue weighted by molar-refractivity contribution is -0.199. The third-order valence-corrected chi connectivity index (χ3v) is 6.44. The minimum atomic E-state index is -0.379. The standard InChI is InChI=1S/C21H29N3O3/c1-14(2)22-20(27)23-12-21(13-23)18(15-7-4-3-5-8-15)17(11-25)24(21)19(26)16-9-6-10-16/h3-5,7-8,14,16-18,25H,6,9-13H2,1-2H3,(H,22,27)/t17-,18+/m0/s1. The third kappa shape index (κ3) is 2.81. The van der Waals surface area contributed by atoms with Gasteiger partial charge in [0.05, 0.1) is 18.2 Å². The Morgan fingerprint density at radius 2 is 1.89 bits per heavy atom. The van der Waals surface area contributed by atoms with Crippen LogP contribution in [0.15, 0.2) is 30.3 Å². The van der Waals surface area contributed by atoms with Crippen LogP contribution in [0.5, 0.6) is 0 Å². The molecule has 6 heteroatoms. The third-order valence-electron chi connectivity index (χ3n) is 6.44. The zero-order valence-corrected chi connectivity index (χ0v) is 16.1. The van der Waals surface area contributed by atoms with E-state index >= 15 is 0 Å². The summed E-state index contributed by atoms with van der Waals surface area (Å²) in [5.41, 5.74) is 0.758. The molecule has 2 aliphatic heterocycles. The molecule has 0 radical (unpaired) electrons. The van der Waals surface area contributed by atoms with Crippen molar-refractivity contribution < 1.29 is 14.7 Å². The molecular formula is C21H29N3O3. The summed E-state index contributed by atoms with van der Waals surface area (Å²) in [6.45, 7) is 4.90. The fourth-order valence-electron chi connectivity index (χ4n) is 4.97. The number of hydrogen-bond donors (Lipinski definition) is 2. The highest BCUT2D eigenvalue weighted by atomic mass is 16.3. The number of nitrogens with zero attached hydrogens (tertiary/aromatic N) is 2. The fraction of sp³-hybridized carbons (Fsp3) is 0.619. The second-order valence-electron chi connectivity index (χ2n) is 8.54. The number of rotatable bonds is 4. The summed E-state index contributed by atoms with van der Waals surface area (Å²) >= 11 is 0. The van der Waals surface area contributed by atoms with Crippen LogP contribution < -0.4 is 5.32 Å². The highest BCUT2D eigenvalue weighted by Crippen LogP contribution is 2.55. The van der Waals surface area contributed by atoms with Crippen molar-refractivity contribution in [2.24, 2.45) is 5.92 Å². The smallest absolute Gasteiger partial charge is 0.317 e. The largest absolute Gasteiger partial charge is 0.394 e. The van der Waals surface area contributed by atoms with E-state index in [9.17, 15) is 14.7 Å². The minimum Gasteiger partial charge on any atom is -0.394 e. The van der Waals surface area contributed by atoms with Gasteiger partial charge < -0.3 is 20.2 Å². The molecule has 1 aliphatic carbocycles. The minimum absolute atomic E-state index is 0.0437. The van der Waals surface area contributed by atoms with E-state index in [0.29, 0.717) is 13.1 Å². The van der Waals surface area contributed by atoms with Crippen LogP contribution in [0.1, 0.15) is 44.6 Å². The molecule has 1 aromatic carbocycles. The van der Waals surface area contributed by atoms with Gasteiger partial charge in [0.15, 0.2) is 0 Å². The van der Waals surface area contributed by atoms with E-state index in [4.69, 9.17) is 0 Å². The number of urea groups is 1. The van der Waals surface area contributed by atoms with Crippen molar-refractivity contribution >= 4 is 11.9 Å². The van der Waals surface area contributed by atoms with Crippen LogP contribution in [0.2, 0.25) is 0 Å². The first-order valence-corrected chi connectivity index (χ1v) is 10.0. The highest BCUT2D eigenvalue weighted by molar-refractivity contribution is 5.84. The number of aliphatic hydroxyl groups is 1. The van der Waals surface area contributed by atoms with Crippen LogP contribution in [0.25, 0.3) is 0 Å². The maximum absolute atomic E-state index is 13.1. The molecule has 1 saturated carbocycles. The van der Waals surface area contributed by atoms with Gasteiger partial charge in [0.2, 0.25) is 5.91 Å². The van der Waals surface area contributed by atoms with Crippen LogP contribution in [-0.2, 0) is 4.79 Å². The lowest BCUT2D eigenvalue weighted by Crippen LogP contribution is -2.86. The highest BCUT2D eigenvalue weighted by Gasteiger charge is 2.68. The van der Waals surface area contributed by atoms with Gasteiger partial charge in [0.1, 0.15) is 0 Å². The van der Waals surface area contributed by atoms with Crippen molar-refractivity contribution in [3.05, 3.63) is 35.9 Å². The summed E-state index contributed by atoms with van der Waals surface area (Å²) in [7, 11) is 0. The zero-order valence-electron chi connectivity index (χ0n) is 16.1. The van der Waals surface area contributed by atoms with Gasteiger partial charge in [-0.15, -0.1) is 0 Å². The summed E-state index contributed by atoms with van der Waals surface area (Å²) in [5, 5.41) is 13.0. The van der Waals surface area contributed by atoms with Gasteiger partial charge in [-0.05, 0) is 32.3 Å². The van der Waals surface area contributed by atoms with Gasteiger partial charge in [-0.3, -0.25) is 4.79 Å². The van der Waals surface area contributed by atoms with Crippen molar-refractivity contribution in [1.29, 1.82) is 0 Å². The van der Waals surface area contributed by atoms with E-state index in [1.807, 2.05) is 36.9 Å². The van der Waals surface area contributed by atoms with E-state index in [1.54, 1.807) is 4.90 Å². The van der Waals surface area contributed by atoms with Crippen molar-refractivity contribution in [3.8, 4) is 0 Å². The molecule has 6 nitrogen and oxygen atoms in total. The maximum Gasteiger partial charge on any atom is 0.317 e. The molecule has 146 valence electrons. The van der Waals surface area contributed by atoms with Crippen molar-refractivity contribution in [1.82, 2.24) is 15.1 Å². The average molecular weight is 371 g/mol. The summed E-state index contributed by atoms with van der Waals surface area (Å²) in [6.07, 6.45) is 2.99. The topological polar surface area (TPSA) is 72.9 Å². The number of benzene rings is 1. The van der Waals surface area contributed by atoms with Gasteiger partial charge in [-0.2, -0.15) is 0 Å². The lowest BCUT2D eigenvalue weighted by atomic mass is 9.60. The Balaban J connectivity index is 1.59. The molecule has 4 rings (SSSR count). The zero-order chi connectivity index (χ0) is 19.2. The van der Waals surface area contributed by atoms with Gasteiger partial charge in [-0.25, -0.2) is 4.79 Å². The number of nitrogens with one attached hydrogen (secondary N) is 1. The molecule has 3 aliphatic rings. The molecule has 1 aromatic rings. The Kier molecular flexibility index (Phi) is 4.62. The van der Waals surface area contributed by atoms with Crippen molar-refractivity contribution in [2.75, 3.05) is 19.7 Å². The van der Waals surface area contributed by atoms with E-state index in [0.717, 1.165) is 24.8 Å². The molecule has 0 unspecified atom stereocenters. The van der Waals surface area contributed by atoms with Crippen LogP contribution in [0, 0.1) is 5.92 Å². The van der Waals surface area contributed by atoms with Crippen molar-refractivity contribution in [2.45, 2.75) is 56.7 Å². The van der Waals surface area contributed by atoms with Gasteiger partial charge in [-0.1, -0.05) is 36.8 Å². The Morgan fingerprint density at radius 1 is 1.22 bits per heavy atom. The predicted octanol–water partition coefficient (Wildman–Crippen LogP) is 1.95. The number of carbonyl (C=O) groups is 2. The Morgan fingerprint density at radius 3 is 2.41 bits per heavy atom. The van der Waals surface area contributed by atoms with Crippen LogP contribution >= 0.6 is 0 Å². The molecule has 0 aromatic heterocycles. The number of carbonyl (C=O) groups excluding carboxylic acids is 2. The Labute approximate surface area is 160 Å². The first-order chi connectivity index (χ1) is 13.0. The number of amides is 3. The van der Waals surface area contributed by atoms with Crippen molar-refractivity contribution in [3.63, 3.8) is 0 Å². The molecule has 3 amide bonds. The lowest BCUT2D eigenvalue weighted by Gasteiger charge is -2.71. The number of likely N-dealkylation sites (tertiary alicyclic amines) is 2. The summed E-state index contributed by atoms with van der Waals surface area (Å²) in [6, 6.07) is 9.91. The Bertz CT molecular complexity index is 711. The fourth-order valence-corrected chi connectivity index (χ4v) is 4.97. The number of hydrogen-bond acceptors (Lipinski definition) is 3. The van der Waals surface area contributed by atoms with Crippen LogP contribution in [-0.4, -0.2) is 64.2 Å². The average Bonchev–Trinajstić information content (AvgIpc) is 2.51. The second-order valence-corrected chi connectivity index (χ2v) is 8.54. The molecule has 2 N–H and O–H groups in total. The molecule has 2 heterocycles. The van der Waals surface area contributed by atoms with E-state index in [2.05, 4.69) is 17.4 Å². The molecule has 3 fully saturated rings. The summed E-state index contributed by atoms with van der Waals surface area (Å²) in [5.74, 6) is 0.318. The molecule has 2 atom stereocenters. The first-order valence-electron chi connectivity index (χ1n) is 10.0. The maximum atomic E-state index is 13.1. The molecule has 0 bridgehead atoms. The van der Waals surface area contributed by atoms with E-state index < -0.39 is 0 Å². The number of aliphatic hydroxyl groups excluding tert-OH is 1. The molecular weight excluding hydrogens is 342 g/mol. The van der Waals surface area contributed by atoms with Gasteiger partial charge >= 0.3 is 6.03 Å². The molecule has 1 spiro atoms. The second kappa shape index (κ2) is 6.82. The van der Waals surface area contributed by atoms with Gasteiger partial charge in [0.25, 0.3) is 0 Å². The van der Waals surface area contributed by atoms with Crippen LogP contribution in [0.4, 0.5) is 4.79 Å². The molecule has 2 saturated heterocycles. The predicted molar refractivity (Wildman–Crippen MR) is 102 cm³/mol.